The largest absolute Gasteiger partial charge is 0.466 e. The van der Waals surface area contributed by atoms with Gasteiger partial charge in [0.1, 0.15) is 0 Å². The normalized spacial score (nSPS) is 18.0. The molecular weight excluding hydrogens is 296 g/mol. The minimum absolute atomic E-state index is 0.0762. The predicted molar refractivity (Wildman–Crippen MR) is 93.1 cm³/mol. The van der Waals surface area contributed by atoms with Crippen LogP contribution in [-0.2, 0) is 9.53 Å². The first kappa shape index (κ1) is 16.7. The second-order valence-electron chi connectivity index (χ2n) is 5.84. The zero-order valence-corrected chi connectivity index (χ0v) is 14.3. The molecule has 1 aromatic rings. The quantitative estimate of drug-likeness (QED) is 0.684. The molecule has 2 rings (SSSR count). The number of aryl methyl sites for hydroxylation is 2. The number of hydrogen-bond donors (Lipinski definition) is 1. The minimum atomic E-state index is -0.110. The van der Waals surface area contributed by atoms with Crippen molar-refractivity contribution in [3.63, 3.8) is 0 Å². The molecular formula is C17H24N2O2S. The Morgan fingerprint density at radius 2 is 2.05 bits per heavy atom. The lowest BCUT2D eigenvalue weighted by Crippen LogP contribution is -2.44. The lowest BCUT2D eigenvalue weighted by molar-refractivity contribution is -0.149. The highest BCUT2D eigenvalue weighted by molar-refractivity contribution is 7.80. The number of carbonyl (C=O) groups excluding carboxylic acids is 1. The molecule has 4 nitrogen and oxygen atoms in total. The highest BCUT2D eigenvalue weighted by Gasteiger charge is 2.28. The van der Waals surface area contributed by atoms with E-state index in [0.717, 1.165) is 25.1 Å². The summed E-state index contributed by atoms with van der Waals surface area (Å²) in [5.41, 5.74) is 3.41. The molecule has 0 radical (unpaired) electrons. The van der Waals surface area contributed by atoms with Gasteiger partial charge in [0, 0.05) is 18.8 Å². The summed E-state index contributed by atoms with van der Waals surface area (Å²) in [6.07, 6.45) is 1.83. The van der Waals surface area contributed by atoms with E-state index in [1.54, 1.807) is 0 Å². The van der Waals surface area contributed by atoms with Crippen LogP contribution in [0.4, 0.5) is 5.69 Å². The number of carbonyl (C=O) groups is 1. The zero-order valence-electron chi connectivity index (χ0n) is 13.5. The van der Waals surface area contributed by atoms with Gasteiger partial charge in [-0.05, 0) is 69.1 Å². The second-order valence-corrected chi connectivity index (χ2v) is 6.23. The lowest BCUT2D eigenvalue weighted by Gasteiger charge is -2.33. The van der Waals surface area contributed by atoms with E-state index in [4.69, 9.17) is 17.0 Å². The maximum Gasteiger partial charge on any atom is 0.310 e. The Hall–Kier alpha value is -1.62. The molecule has 0 aliphatic carbocycles. The Balaban J connectivity index is 1.98. The molecule has 1 fully saturated rings. The van der Waals surface area contributed by atoms with Crippen molar-refractivity contribution in [1.29, 1.82) is 0 Å². The van der Waals surface area contributed by atoms with E-state index in [1.807, 2.05) is 6.92 Å². The molecule has 0 unspecified atom stereocenters. The summed E-state index contributed by atoms with van der Waals surface area (Å²) in [5.74, 6) is -0.186. The molecule has 0 saturated carbocycles. The van der Waals surface area contributed by atoms with E-state index in [1.165, 1.54) is 11.1 Å². The minimum Gasteiger partial charge on any atom is -0.466 e. The maximum atomic E-state index is 11.9. The van der Waals surface area contributed by atoms with Gasteiger partial charge >= 0.3 is 5.97 Å². The molecule has 1 aliphatic rings. The molecule has 0 spiro atoms. The molecule has 0 bridgehead atoms. The van der Waals surface area contributed by atoms with Crippen molar-refractivity contribution in [1.82, 2.24) is 4.90 Å². The lowest BCUT2D eigenvalue weighted by atomic mass is 9.98. The number of ether oxygens (including phenoxy) is 1. The zero-order chi connectivity index (χ0) is 16.1. The number of hydrogen-bond acceptors (Lipinski definition) is 3. The molecule has 1 N–H and O–H groups in total. The van der Waals surface area contributed by atoms with Crippen LogP contribution in [0.25, 0.3) is 0 Å². The summed E-state index contributed by atoms with van der Waals surface area (Å²) in [6, 6.07) is 6.28. The van der Waals surface area contributed by atoms with Gasteiger partial charge in [-0.15, -0.1) is 0 Å². The molecule has 0 aromatic heterocycles. The van der Waals surface area contributed by atoms with Gasteiger partial charge in [0.15, 0.2) is 5.11 Å². The number of anilines is 1. The molecule has 1 saturated heterocycles. The van der Waals surface area contributed by atoms with E-state index in [-0.39, 0.29) is 11.9 Å². The highest BCUT2D eigenvalue weighted by Crippen LogP contribution is 2.20. The van der Waals surface area contributed by atoms with E-state index < -0.39 is 0 Å². The Morgan fingerprint density at radius 3 is 2.68 bits per heavy atom. The van der Waals surface area contributed by atoms with E-state index in [2.05, 4.69) is 42.3 Å². The van der Waals surface area contributed by atoms with Crippen molar-refractivity contribution in [3.05, 3.63) is 29.3 Å². The van der Waals surface area contributed by atoms with Gasteiger partial charge < -0.3 is 15.0 Å². The van der Waals surface area contributed by atoms with Crippen molar-refractivity contribution < 1.29 is 9.53 Å². The third kappa shape index (κ3) is 4.44. The van der Waals surface area contributed by atoms with Crippen LogP contribution in [0.15, 0.2) is 18.2 Å². The number of esters is 1. The average molecular weight is 320 g/mol. The van der Waals surface area contributed by atoms with E-state index >= 15 is 0 Å². The van der Waals surface area contributed by atoms with Crippen molar-refractivity contribution in [2.24, 2.45) is 5.92 Å². The first-order valence-corrected chi connectivity index (χ1v) is 8.21. The van der Waals surface area contributed by atoms with Gasteiger partial charge in [0.25, 0.3) is 0 Å². The molecule has 1 aliphatic heterocycles. The second kappa shape index (κ2) is 7.58. The SMILES string of the molecule is CCOC(=O)[C@H]1CCCN(C(=S)Nc2cc(C)cc(C)c2)C1. The number of nitrogens with one attached hydrogen (secondary N) is 1. The van der Waals surface area contributed by atoms with Gasteiger partial charge in [-0.3, -0.25) is 4.79 Å². The van der Waals surface area contributed by atoms with Crippen LogP contribution in [0.5, 0.6) is 0 Å². The van der Waals surface area contributed by atoms with Crippen LogP contribution >= 0.6 is 12.2 Å². The fourth-order valence-electron chi connectivity index (χ4n) is 2.86. The van der Waals surface area contributed by atoms with Crippen LogP contribution in [-0.4, -0.2) is 35.7 Å². The smallest absolute Gasteiger partial charge is 0.310 e. The molecule has 1 atom stereocenters. The first-order chi connectivity index (χ1) is 10.5. The molecule has 1 aromatic carbocycles. The van der Waals surface area contributed by atoms with Crippen LogP contribution in [0.2, 0.25) is 0 Å². The van der Waals surface area contributed by atoms with Gasteiger partial charge in [0.2, 0.25) is 0 Å². The van der Waals surface area contributed by atoms with Crippen LogP contribution < -0.4 is 5.32 Å². The van der Waals surface area contributed by atoms with Gasteiger partial charge in [-0.2, -0.15) is 0 Å². The Bertz CT molecular complexity index is 539. The molecule has 0 amide bonds. The third-order valence-corrected chi connectivity index (χ3v) is 4.16. The number of nitrogens with zero attached hydrogens (tertiary/aromatic N) is 1. The van der Waals surface area contributed by atoms with Crippen LogP contribution in [0.3, 0.4) is 0 Å². The number of benzene rings is 1. The molecule has 120 valence electrons. The summed E-state index contributed by atoms with van der Waals surface area (Å²) in [6.45, 7) is 7.92. The summed E-state index contributed by atoms with van der Waals surface area (Å²) >= 11 is 5.51. The Labute approximate surface area is 137 Å². The van der Waals surface area contributed by atoms with Gasteiger partial charge in [-0.1, -0.05) is 6.07 Å². The summed E-state index contributed by atoms with van der Waals surface area (Å²) in [5, 5.41) is 3.97. The fourth-order valence-corrected chi connectivity index (χ4v) is 3.15. The van der Waals surface area contributed by atoms with Crippen LogP contribution in [0, 0.1) is 19.8 Å². The van der Waals surface area contributed by atoms with Crippen LogP contribution in [0.1, 0.15) is 30.9 Å². The first-order valence-electron chi connectivity index (χ1n) is 7.80. The van der Waals surface area contributed by atoms with E-state index in [0.29, 0.717) is 18.3 Å². The predicted octanol–water partition coefficient (Wildman–Crippen LogP) is 3.28. The Kier molecular flexibility index (Phi) is 5.77. The van der Waals surface area contributed by atoms with Gasteiger partial charge in [0.05, 0.1) is 12.5 Å². The van der Waals surface area contributed by atoms with Crippen molar-refractivity contribution in [3.8, 4) is 0 Å². The molecule has 22 heavy (non-hydrogen) atoms. The summed E-state index contributed by atoms with van der Waals surface area (Å²) in [4.78, 5) is 14.0. The topological polar surface area (TPSA) is 41.6 Å². The standard InChI is InChI=1S/C17H24N2O2S/c1-4-21-16(20)14-6-5-7-19(11-14)17(22)18-15-9-12(2)8-13(3)10-15/h8-10,14H,4-7,11H2,1-3H3,(H,18,22)/t14-/m0/s1. The number of thiocarbonyl (C=S) groups is 1. The summed E-state index contributed by atoms with van der Waals surface area (Å²) < 4.78 is 5.13. The monoisotopic (exact) mass is 320 g/mol. The van der Waals surface area contributed by atoms with Crippen molar-refractivity contribution in [2.75, 3.05) is 25.0 Å². The Morgan fingerprint density at radius 1 is 1.36 bits per heavy atom. The third-order valence-electron chi connectivity index (χ3n) is 3.80. The number of rotatable bonds is 3. The van der Waals surface area contributed by atoms with Crippen molar-refractivity contribution in [2.45, 2.75) is 33.6 Å². The van der Waals surface area contributed by atoms with E-state index in [9.17, 15) is 4.79 Å². The summed E-state index contributed by atoms with van der Waals surface area (Å²) in [7, 11) is 0. The van der Waals surface area contributed by atoms with Crippen molar-refractivity contribution >= 4 is 29.0 Å². The molecule has 1 heterocycles. The average Bonchev–Trinajstić information content (AvgIpc) is 2.46. The fraction of sp³-hybridized carbons (Fsp3) is 0.529. The highest BCUT2D eigenvalue weighted by atomic mass is 32.1. The number of piperidine rings is 1. The maximum absolute atomic E-state index is 11.9. The number of likely N-dealkylation sites (tertiary alicyclic amines) is 1. The molecule has 5 heteroatoms. The van der Waals surface area contributed by atoms with Gasteiger partial charge in [-0.25, -0.2) is 0 Å².